The second kappa shape index (κ2) is 5.60. The molecule has 2 rings (SSSR count). The van der Waals surface area contributed by atoms with E-state index in [2.05, 4.69) is 16.8 Å². The van der Waals surface area contributed by atoms with E-state index in [0.29, 0.717) is 25.1 Å². The Labute approximate surface area is 116 Å². The first kappa shape index (κ1) is 13.9. The number of nitrogens with one attached hydrogen (secondary N) is 1. The molecule has 0 bridgehead atoms. The lowest BCUT2D eigenvalue weighted by Crippen LogP contribution is -2.48. The smallest absolute Gasteiger partial charge is 0.244 e. The Morgan fingerprint density at radius 2 is 2.26 bits per heavy atom. The summed E-state index contributed by atoms with van der Waals surface area (Å²) >= 11 is 1.66. The number of hydrazine groups is 1. The minimum absolute atomic E-state index is 0.398. The summed E-state index contributed by atoms with van der Waals surface area (Å²) in [6, 6.07) is 2.05. The fraction of sp³-hybridized carbons (Fsp3) is 0.417. The van der Waals surface area contributed by atoms with Crippen LogP contribution in [0.25, 0.3) is 0 Å². The van der Waals surface area contributed by atoms with Gasteiger partial charge in [-0.3, -0.25) is 4.79 Å². The van der Waals surface area contributed by atoms with E-state index in [1.807, 2.05) is 5.38 Å². The van der Waals surface area contributed by atoms with E-state index in [0.717, 1.165) is 6.54 Å². The molecule has 0 saturated heterocycles. The molecule has 0 aliphatic heterocycles. The minimum Gasteiger partial charge on any atom is -0.400 e. The van der Waals surface area contributed by atoms with Crippen LogP contribution in [0.1, 0.15) is 18.4 Å². The maximum Gasteiger partial charge on any atom is 0.244 e. The van der Waals surface area contributed by atoms with Crippen molar-refractivity contribution in [3.05, 3.63) is 34.3 Å². The minimum atomic E-state index is -0.724. The Kier molecular flexibility index (Phi) is 4.08. The molecule has 19 heavy (non-hydrogen) atoms. The molecule has 1 amide bonds. The molecule has 1 fully saturated rings. The lowest BCUT2D eigenvalue weighted by molar-refractivity contribution is -0.123. The maximum absolute atomic E-state index is 11.3. The van der Waals surface area contributed by atoms with E-state index in [1.54, 1.807) is 17.5 Å². The van der Waals surface area contributed by atoms with Crippen LogP contribution in [-0.2, 0) is 11.3 Å². The summed E-state index contributed by atoms with van der Waals surface area (Å²) in [6.07, 6.45) is 2.95. The third kappa shape index (κ3) is 3.25. The van der Waals surface area contributed by atoms with Gasteiger partial charge >= 0.3 is 0 Å². The van der Waals surface area contributed by atoms with Gasteiger partial charge in [0.1, 0.15) is 5.54 Å². The third-order valence-electron chi connectivity index (χ3n) is 3.22. The molecule has 104 valence electrons. The predicted octanol–water partition coefficient (Wildman–Crippen LogP) is -0.169. The number of hydrogen-bond donors (Lipinski definition) is 4. The molecule has 1 aromatic rings. The molecule has 7 heteroatoms. The Morgan fingerprint density at radius 3 is 2.79 bits per heavy atom. The van der Waals surface area contributed by atoms with Crippen molar-refractivity contribution in [2.24, 2.45) is 17.3 Å². The second-order valence-electron chi connectivity index (χ2n) is 4.74. The van der Waals surface area contributed by atoms with Gasteiger partial charge in [-0.25, -0.2) is 5.84 Å². The van der Waals surface area contributed by atoms with Crippen LogP contribution < -0.4 is 22.6 Å². The van der Waals surface area contributed by atoms with Crippen molar-refractivity contribution in [1.29, 1.82) is 0 Å². The summed E-state index contributed by atoms with van der Waals surface area (Å²) in [5.41, 5.74) is 12.3. The number of nitrogens with zero attached hydrogens (tertiary/aromatic N) is 1. The average Bonchev–Trinajstić information content (AvgIpc) is 3.02. The molecule has 0 radical (unpaired) electrons. The monoisotopic (exact) mass is 281 g/mol. The largest absolute Gasteiger partial charge is 0.400 e. The molecule has 1 aliphatic carbocycles. The van der Waals surface area contributed by atoms with Crippen LogP contribution >= 0.6 is 11.3 Å². The Bertz CT molecular complexity index is 466. The Morgan fingerprint density at radius 1 is 1.53 bits per heavy atom. The van der Waals surface area contributed by atoms with Crippen molar-refractivity contribution < 1.29 is 4.79 Å². The molecule has 1 heterocycles. The van der Waals surface area contributed by atoms with Crippen molar-refractivity contribution in [2.75, 3.05) is 6.54 Å². The van der Waals surface area contributed by atoms with Gasteiger partial charge in [0.05, 0.1) is 0 Å². The van der Waals surface area contributed by atoms with Crippen molar-refractivity contribution in [3.8, 4) is 0 Å². The van der Waals surface area contributed by atoms with E-state index in [-0.39, 0.29) is 0 Å². The van der Waals surface area contributed by atoms with Gasteiger partial charge in [0.25, 0.3) is 0 Å². The number of amides is 1. The van der Waals surface area contributed by atoms with Crippen LogP contribution in [-0.4, -0.2) is 23.0 Å². The zero-order valence-corrected chi connectivity index (χ0v) is 11.5. The first-order chi connectivity index (χ1) is 9.04. The highest BCUT2D eigenvalue weighted by molar-refractivity contribution is 7.07. The van der Waals surface area contributed by atoms with Crippen molar-refractivity contribution in [3.63, 3.8) is 0 Å². The fourth-order valence-electron chi connectivity index (χ4n) is 1.84. The van der Waals surface area contributed by atoms with Gasteiger partial charge in [0.15, 0.2) is 0 Å². The number of hydrogen-bond acceptors (Lipinski definition) is 6. The van der Waals surface area contributed by atoms with Crippen molar-refractivity contribution in [2.45, 2.75) is 24.9 Å². The summed E-state index contributed by atoms with van der Waals surface area (Å²) in [6.45, 7) is 1.27. The van der Waals surface area contributed by atoms with Gasteiger partial charge in [-0.15, -0.1) is 0 Å². The molecule has 1 aromatic heterocycles. The average molecular weight is 281 g/mol. The number of rotatable bonds is 7. The van der Waals surface area contributed by atoms with Crippen molar-refractivity contribution in [1.82, 2.24) is 10.3 Å². The zero-order valence-electron chi connectivity index (χ0n) is 10.6. The molecule has 0 spiro atoms. The van der Waals surface area contributed by atoms with Gasteiger partial charge in [0, 0.05) is 25.0 Å². The predicted molar refractivity (Wildman–Crippen MR) is 75.5 cm³/mol. The highest BCUT2D eigenvalue weighted by Crippen LogP contribution is 2.39. The number of carbonyl (C=O) groups is 1. The lowest BCUT2D eigenvalue weighted by Gasteiger charge is -2.23. The molecule has 1 aliphatic rings. The number of nitrogens with two attached hydrogens (primary N) is 3. The molecule has 0 atom stereocenters. The highest BCUT2D eigenvalue weighted by Gasteiger charge is 2.52. The van der Waals surface area contributed by atoms with Crippen LogP contribution in [0.5, 0.6) is 0 Å². The standard InChI is InChI=1S/C12H19N5OS/c13-10(6-16-5-9-1-4-19-8-9)7-17(15)12(2-3-12)11(14)18/h1,4,7-8,16H,2-3,5-6,13,15H2,(H2,14,18)/b10-7-. The number of thiophene rings is 1. The van der Waals surface area contributed by atoms with E-state index >= 15 is 0 Å². The van der Waals surface area contributed by atoms with Crippen LogP contribution in [0.15, 0.2) is 28.7 Å². The van der Waals surface area contributed by atoms with Gasteiger partial charge < -0.3 is 21.8 Å². The number of carbonyl (C=O) groups excluding carboxylic acids is 1. The van der Waals surface area contributed by atoms with Gasteiger partial charge in [-0.05, 0) is 35.2 Å². The van der Waals surface area contributed by atoms with Crippen LogP contribution in [0.2, 0.25) is 0 Å². The summed E-state index contributed by atoms with van der Waals surface area (Å²) in [5, 5.41) is 8.66. The molecule has 0 aromatic carbocycles. The van der Waals surface area contributed by atoms with Crippen LogP contribution in [0.4, 0.5) is 0 Å². The molecule has 6 nitrogen and oxygen atoms in total. The topological polar surface area (TPSA) is 110 Å². The quantitative estimate of drug-likeness (QED) is 0.410. The summed E-state index contributed by atoms with van der Waals surface area (Å²) in [5.74, 6) is 5.43. The van der Waals surface area contributed by atoms with Gasteiger partial charge in [-0.1, -0.05) is 0 Å². The van der Waals surface area contributed by atoms with Crippen molar-refractivity contribution >= 4 is 17.2 Å². The van der Waals surface area contributed by atoms with Gasteiger partial charge in [-0.2, -0.15) is 11.3 Å². The van der Waals surface area contributed by atoms with Crippen LogP contribution in [0, 0.1) is 0 Å². The molecule has 0 unspecified atom stereocenters. The fourth-order valence-corrected chi connectivity index (χ4v) is 2.51. The van der Waals surface area contributed by atoms with Crippen LogP contribution in [0.3, 0.4) is 0 Å². The molecule has 1 saturated carbocycles. The number of primary amides is 1. The SMILES string of the molecule is NC(=O)C1(N(N)/C=C(\N)CNCc2ccsc2)CC1. The first-order valence-corrected chi connectivity index (χ1v) is 7.01. The maximum atomic E-state index is 11.3. The molecule has 7 N–H and O–H groups in total. The first-order valence-electron chi connectivity index (χ1n) is 6.06. The molecular weight excluding hydrogens is 262 g/mol. The lowest BCUT2D eigenvalue weighted by atomic mass is 10.2. The zero-order chi connectivity index (χ0) is 13.9. The summed E-state index contributed by atoms with van der Waals surface area (Å²) in [4.78, 5) is 11.3. The second-order valence-corrected chi connectivity index (χ2v) is 5.52. The highest BCUT2D eigenvalue weighted by atomic mass is 32.1. The Hall–Kier alpha value is -1.57. The van der Waals surface area contributed by atoms with E-state index in [1.165, 1.54) is 10.6 Å². The molecular formula is C12H19N5OS. The van der Waals surface area contributed by atoms with Gasteiger partial charge in [0.2, 0.25) is 5.91 Å². The van der Waals surface area contributed by atoms with E-state index in [9.17, 15) is 4.79 Å². The summed E-state index contributed by atoms with van der Waals surface area (Å²) < 4.78 is 0. The third-order valence-corrected chi connectivity index (χ3v) is 3.95. The van der Waals surface area contributed by atoms with E-state index in [4.69, 9.17) is 17.3 Å². The summed E-state index contributed by atoms with van der Waals surface area (Å²) in [7, 11) is 0. The normalized spacial score (nSPS) is 17.2. The Balaban J connectivity index is 1.80. The van der Waals surface area contributed by atoms with E-state index < -0.39 is 11.4 Å².